The Hall–Kier alpha value is -1.69. The molecule has 2 aromatic rings. The van der Waals surface area contributed by atoms with Crippen LogP contribution in [0.25, 0.3) is 0 Å². The number of amides is 1. The van der Waals surface area contributed by atoms with Gasteiger partial charge in [0.2, 0.25) is 5.91 Å². The highest BCUT2D eigenvalue weighted by atomic mass is 32.1. The van der Waals surface area contributed by atoms with Crippen molar-refractivity contribution in [2.75, 3.05) is 5.32 Å². The lowest BCUT2D eigenvalue weighted by molar-refractivity contribution is -0.116. The van der Waals surface area contributed by atoms with Crippen LogP contribution in [0.3, 0.4) is 0 Å². The minimum Gasteiger partial charge on any atom is -0.302 e. The summed E-state index contributed by atoms with van der Waals surface area (Å²) in [5.74, 6) is -0.0436. The fourth-order valence-electron chi connectivity index (χ4n) is 1.36. The number of thiazole rings is 1. The Balaban J connectivity index is 1.88. The third kappa shape index (κ3) is 2.66. The number of nitrogens with zero attached hydrogens (tertiary/aromatic N) is 3. The summed E-state index contributed by atoms with van der Waals surface area (Å²) in [4.78, 5) is 15.6. The second-order valence-corrected chi connectivity index (χ2v) is 4.32. The Morgan fingerprint density at radius 2 is 2.50 bits per heavy atom. The van der Waals surface area contributed by atoms with Gasteiger partial charge in [0.25, 0.3) is 0 Å². The minimum atomic E-state index is -0.0436. The average molecular weight is 236 g/mol. The second kappa shape index (κ2) is 4.89. The number of hydrogen-bond donors (Lipinski definition) is 1. The molecule has 0 saturated carbocycles. The normalized spacial score (nSPS) is 12.3. The van der Waals surface area contributed by atoms with Crippen molar-refractivity contribution >= 4 is 22.4 Å². The molecular formula is C10H12N4OS. The fraction of sp³-hybridized carbons (Fsp3) is 0.300. The van der Waals surface area contributed by atoms with Gasteiger partial charge in [-0.25, -0.2) is 4.98 Å². The van der Waals surface area contributed by atoms with Gasteiger partial charge in [0.1, 0.15) is 0 Å². The first-order chi connectivity index (χ1) is 7.75. The van der Waals surface area contributed by atoms with Crippen LogP contribution in [0.4, 0.5) is 5.13 Å². The monoisotopic (exact) mass is 236 g/mol. The van der Waals surface area contributed by atoms with Crippen molar-refractivity contribution in [1.29, 1.82) is 0 Å². The molecule has 16 heavy (non-hydrogen) atoms. The summed E-state index contributed by atoms with van der Waals surface area (Å²) in [5, 5.41) is 9.29. The third-order valence-corrected chi connectivity index (χ3v) is 2.82. The van der Waals surface area contributed by atoms with E-state index in [2.05, 4.69) is 15.4 Å². The van der Waals surface area contributed by atoms with Crippen LogP contribution in [0.15, 0.2) is 30.0 Å². The van der Waals surface area contributed by atoms with E-state index < -0.39 is 0 Å². The predicted octanol–water partition coefficient (Wildman–Crippen LogP) is 1.93. The third-order valence-electron chi connectivity index (χ3n) is 2.14. The Morgan fingerprint density at radius 3 is 3.12 bits per heavy atom. The molecule has 0 bridgehead atoms. The lowest BCUT2D eigenvalue weighted by atomic mass is 10.2. The van der Waals surface area contributed by atoms with E-state index >= 15 is 0 Å². The van der Waals surface area contributed by atoms with E-state index in [1.165, 1.54) is 11.3 Å². The van der Waals surface area contributed by atoms with Crippen molar-refractivity contribution < 1.29 is 4.79 Å². The van der Waals surface area contributed by atoms with Crippen LogP contribution in [-0.4, -0.2) is 20.7 Å². The van der Waals surface area contributed by atoms with Crippen LogP contribution in [0.2, 0.25) is 0 Å². The molecule has 2 rings (SSSR count). The standard InChI is InChI=1S/C10H12N4OS/c1-8(14-5-2-3-12-14)7-9(15)13-10-11-4-6-16-10/h2-6,8H,7H2,1H3,(H,11,13,15)/t8-/m0/s1. The van der Waals surface area contributed by atoms with Crippen LogP contribution >= 0.6 is 11.3 Å². The number of carbonyl (C=O) groups is 1. The Labute approximate surface area is 97.1 Å². The molecule has 6 heteroatoms. The van der Waals surface area contributed by atoms with E-state index in [0.29, 0.717) is 11.6 Å². The molecule has 0 aromatic carbocycles. The van der Waals surface area contributed by atoms with Gasteiger partial charge in [-0.2, -0.15) is 5.10 Å². The molecule has 2 aromatic heterocycles. The van der Waals surface area contributed by atoms with Gasteiger partial charge in [-0.3, -0.25) is 9.48 Å². The molecule has 5 nitrogen and oxygen atoms in total. The van der Waals surface area contributed by atoms with Crippen LogP contribution in [0.1, 0.15) is 19.4 Å². The zero-order valence-corrected chi connectivity index (χ0v) is 9.65. The second-order valence-electron chi connectivity index (χ2n) is 3.42. The summed E-state index contributed by atoms with van der Waals surface area (Å²) in [6, 6.07) is 1.89. The van der Waals surface area contributed by atoms with E-state index in [1.807, 2.05) is 24.6 Å². The van der Waals surface area contributed by atoms with Crippen molar-refractivity contribution in [3.63, 3.8) is 0 Å². The summed E-state index contributed by atoms with van der Waals surface area (Å²) < 4.78 is 1.77. The number of aromatic nitrogens is 3. The van der Waals surface area contributed by atoms with Crippen molar-refractivity contribution in [1.82, 2.24) is 14.8 Å². The molecule has 84 valence electrons. The fourth-order valence-corrected chi connectivity index (χ4v) is 1.90. The molecule has 0 unspecified atom stereocenters. The number of anilines is 1. The van der Waals surface area contributed by atoms with Gasteiger partial charge in [0.05, 0.1) is 6.04 Å². The van der Waals surface area contributed by atoms with E-state index in [9.17, 15) is 4.79 Å². The lowest BCUT2D eigenvalue weighted by Gasteiger charge is -2.10. The summed E-state index contributed by atoms with van der Waals surface area (Å²) in [5.41, 5.74) is 0. The molecule has 1 atom stereocenters. The lowest BCUT2D eigenvalue weighted by Crippen LogP contribution is -2.17. The van der Waals surface area contributed by atoms with E-state index in [4.69, 9.17) is 0 Å². The van der Waals surface area contributed by atoms with Gasteiger partial charge in [-0.15, -0.1) is 11.3 Å². The molecule has 1 N–H and O–H groups in total. The van der Waals surface area contributed by atoms with E-state index in [1.54, 1.807) is 17.1 Å². The first-order valence-electron chi connectivity index (χ1n) is 4.94. The minimum absolute atomic E-state index is 0.0436. The molecule has 0 spiro atoms. The summed E-state index contributed by atoms with van der Waals surface area (Å²) in [6.07, 6.45) is 5.61. The number of carbonyl (C=O) groups excluding carboxylic acids is 1. The Morgan fingerprint density at radius 1 is 1.62 bits per heavy atom. The maximum atomic E-state index is 11.6. The highest BCUT2D eigenvalue weighted by Gasteiger charge is 2.11. The molecule has 2 heterocycles. The van der Waals surface area contributed by atoms with Crippen LogP contribution in [0, 0.1) is 0 Å². The highest BCUT2D eigenvalue weighted by Crippen LogP contribution is 2.13. The molecule has 0 aliphatic carbocycles. The van der Waals surface area contributed by atoms with Gasteiger partial charge < -0.3 is 5.32 Å². The molecule has 0 aliphatic rings. The highest BCUT2D eigenvalue weighted by molar-refractivity contribution is 7.13. The van der Waals surface area contributed by atoms with Gasteiger partial charge >= 0.3 is 0 Å². The van der Waals surface area contributed by atoms with E-state index in [0.717, 1.165) is 0 Å². The van der Waals surface area contributed by atoms with Crippen molar-refractivity contribution in [3.8, 4) is 0 Å². The molecule has 0 radical (unpaired) electrons. The van der Waals surface area contributed by atoms with Gasteiger partial charge in [-0.1, -0.05) is 0 Å². The van der Waals surface area contributed by atoms with Crippen LogP contribution in [-0.2, 0) is 4.79 Å². The summed E-state index contributed by atoms with van der Waals surface area (Å²) >= 11 is 1.41. The topological polar surface area (TPSA) is 59.8 Å². The van der Waals surface area contributed by atoms with Crippen LogP contribution < -0.4 is 5.32 Å². The van der Waals surface area contributed by atoms with Crippen molar-refractivity contribution in [3.05, 3.63) is 30.0 Å². The quantitative estimate of drug-likeness (QED) is 0.882. The van der Waals surface area contributed by atoms with Gasteiger partial charge in [0, 0.05) is 30.4 Å². The number of nitrogens with one attached hydrogen (secondary N) is 1. The number of hydrogen-bond acceptors (Lipinski definition) is 4. The zero-order chi connectivity index (χ0) is 11.4. The van der Waals surface area contributed by atoms with E-state index in [-0.39, 0.29) is 11.9 Å². The number of rotatable bonds is 4. The molecule has 0 saturated heterocycles. The maximum Gasteiger partial charge on any atom is 0.228 e. The smallest absolute Gasteiger partial charge is 0.228 e. The average Bonchev–Trinajstić information content (AvgIpc) is 2.88. The van der Waals surface area contributed by atoms with Gasteiger partial charge in [-0.05, 0) is 13.0 Å². The first kappa shape index (κ1) is 10.8. The van der Waals surface area contributed by atoms with Gasteiger partial charge in [0.15, 0.2) is 5.13 Å². The van der Waals surface area contributed by atoms with Crippen molar-refractivity contribution in [2.24, 2.45) is 0 Å². The summed E-state index contributed by atoms with van der Waals surface area (Å²) in [6.45, 7) is 1.95. The molecular weight excluding hydrogens is 224 g/mol. The maximum absolute atomic E-state index is 11.6. The zero-order valence-electron chi connectivity index (χ0n) is 8.83. The van der Waals surface area contributed by atoms with Crippen LogP contribution in [0.5, 0.6) is 0 Å². The first-order valence-corrected chi connectivity index (χ1v) is 5.82. The summed E-state index contributed by atoms with van der Waals surface area (Å²) in [7, 11) is 0. The molecule has 1 amide bonds. The Bertz CT molecular complexity index is 437. The molecule has 0 fully saturated rings. The largest absolute Gasteiger partial charge is 0.302 e. The van der Waals surface area contributed by atoms with Crippen molar-refractivity contribution in [2.45, 2.75) is 19.4 Å². The SMILES string of the molecule is C[C@@H](CC(=O)Nc1nccs1)n1cccn1. The molecule has 0 aliphatic heterocycles. The predicted molar refractivity (Wildman–Crippen MR) is 62.3 cm³/mol. The Kier molecular flexibility index (Phi) is 3.31.